The number of nitriles is 1. The van der Waals surface area contributed by atoms with Crippen molar-refractivity contribution in [1.29, 1.82) is 5.26 Å². The number of benzene rings is 1. The first-order chi connectivity index (χ1) is 9.45. The van der Waals surface area contributed by atoms with Crippen LogP contribution >= 0.6 is 11.8 Å². The van der Waals surface area contributed by atoms with Gasteiger partial charge in [-0.05, 0) is 6.07 Å². The van der Waals surface area contributed by atoms with Crippen LogP contribution in [0.2, 0.25) is 0 Å². The summed E-state index contributed by atoms with van der Waals surface area (Å²) in [4.78, 5) is 20.7. The summed E-state index contributed by atoms with van der Waals surface area (Å²) < 4.78 is 0. The molecule has 20 heavy (non-hydrogen) atoms. The predicted octanol–water partition coefficient (Wildman–Crippen LogP) is 2.19. The molecule has 1 N–H and O–H groups in total. The lowest BCUT2D eigenvalue weighted by molar-refractivity contribution is -0.385. The third-order valence-corrected chi connectivity index (χ3v) is 2.99. The third-order valence-electron chi connectivity index (χ3n) is 2.17. The molecule has 7 heteroatoms. The molecule has 0 fully saturated rings. The van der Waals surface area contributed by atoms with Gasteiger partial charge in [0.1, 0.15) is 0 Å². The predicted molar refractivity (Wildman–Crippen MR) is 74.1 cm³/mol. The van der Waals surface area contributed by atoms with Crippen molar-refractivity contribution in [2.75, 3.05) is 5.75 Å². The highest BCUT2D eigenvalue weighted by Gasteiger charge is 2.18. The molecule has 0 bridgehead atoms. The number of carbonyl (C=O) groups excluding carboxylic acids is 1. The fraction of sp³-hybridized carbons (Fsp3) is 0.231. The summed E-state index contributed by atoms with van der Waals surface area (Å²) in [5, 5.41) is 29.2. The first kappa shape index (κ1) is 15.5. The minimum Gasteiger partial charge on any atom is -0.501 e. The number of phenols is 1. The lowest BCUT2D eigenvalue weighted by atomic mass is 10.1. The van der Waals surface area contributed by atoms with Crippen LogP contribution in [0, 0.1) is 33.3 Å². The van der Waals surface area contributed by atoms with E-state index >= 15 is 0 Å². The second-order valence-corrected chi connectivity index (χ2v) is 4.92. The van der Waals surface area contributed by atoms with E-state index < -0.39 is 16.4 Å². The summed E-state index contributed by atoms with van der Waals surface area (Å²) in [5.74, 6) is 5.22. The Kier molecular flexibility index (Phi) is 5.57. The van der Waals surface area contributed by atoms with Gasteiger partial charge in [-0.2, -0.15) is 5.26 Å². The van der Waals surface area contributed by atoms with Crippen LogP contribution in [0.5, 0.6) is 5.75 Å². The first-order valence-corrected chi connectivity index (χ1v) is 6.48. The molecule has 0 saturated carbocycles. The van der Waals surface area contributed by atoms with Crippen LogP contribution in [0.15, 0.2) is 12.1 Å². The fourth-order valence-electron chi connectivity index (χ4n) is 1.32. The van der Waals surface area contributed by atoms with E-state index in [2.05, 4.69) is 11.8 Å². The van der Waals surface area contributed by atoms with Gasteiger partial charge in [0, 0.05) is 25.2 Å². The normalized spacial score (nSPS) is 9.20. The molecule has 0 radical (unpaired) electrons. The SMILES string of the molecule is CC(=O)SCCC#Cc1cc(C#N)cc([N+](=O)[O-])c1O. The largest absolute Gasteiger partial charge is 0.501 e. The van der Waals surface area contributed by atoms with Gasteiger partial charge in [-0.25, -0.2) is 0 Å². The van der Waals surface area contributed by atoms with Crippen molar-refractivity contribution < 1.29 is 14.8 Å². The van der Waals surface area contributed by atoms with Crippen molar-refractivity contribution in [3.63, 3.8) is 0 Å². The van der Waals surface area contributed by atoms with E-state index in [0.717, 1.165) is 17.8 Å². The van der Waals surface area contributed by atoms with Gasteiger partial charge < -0.3 is 5.11 Å². The lowest BCUT2D eigenvalue weighted by Crippen LogP contribution is -1.92. The standard InChI is InChI=1S/C13H10N2O4S/c1-9(16)20-5-3-2-4-11-6-10(8-14)7-12(13(11)17)15(18)19/h6-7,17H,3,5H2,1H3. The Bertz CT molecular complexity index is 653. The van der Waals surface area contributed by atoms with E-state index in [1.807, 2.05) is 0 Å². The number of nitro benzene ring substituents is 1. The molecule has 0 spiro atoms. The Labute approximate surface area is 119 Å². The molecule has 6 nitrogen and oxygen atoms in total. The quantitative estimate of drug-likeness (QED) is 0.396. The van der Waals surface area contributed by atoms with Gasteiger partial charge in [0.2, 0.25) is 5.75 Å². The van der Waals surface area contributed by atoms with E-state index in [9.17, 15) is 20.0 Å². The number of phenolic OH excluding ortho intramolecular Hbond substituents is 1. The van der Waals surface area contributed by atoms with Gasteiger partial charge >= 0.3 is 5.69 Å². The Morgan fingerprint density at radius 1 is 1.55 bits per heavy atom. The van der Waals surface area contributed by atoms with Crippen molar-refractivity contribution in [2.24, 2.45) is 0 Å². The smallest absolute Gasteiger partial charge is 0.313 e. The van der Waals surface area contributed by atoms with Crippen molar-refractivity contribution in [3.8, 4) is 23.7 Å². The average molecular weight is 290 g/mol. The fourth-order valence-corrected chi connectivity index (χ4v) is 1.81. The summed E-state index contributed by atoms with van der Waals surface area (Å²) in [6.45, 7) is 1.45. The number of hydrogen-bond acceptors (Lipinski definition) is 6. The van der Waals surface area contributed by atoms with Crippen LogP contribution in [-0.2, 0) is 4.79 Å². The van der Waals surface area contributed by atoms with Gasteiger partial charge in [0.25, 0.3) is 0 Å². The number of carbonyl (C=O) groups is 1. The van der Waals surface area contributed by atoms with Crippen LogP contribution < -0.4 is 0 Å². The maximum atomic E-state index is 10.7. The zero-order valence-electron chi connectivity index (χ0n) is 10.5. The van der Waals surface area contributed by atoms with Crippen molar-refractivity contribution >= 4 is 22.6 Å². The first-order valence-electron chi connectivity index (χ1n) is 5.49. The summed E-state index contributed by atoms with van der Waals surface area (Å²) in [7, 11) is 0. The van der Waals surface area contributed by atoms with E-state index in [4.69, 9.17) is 5.26 Å². The molecule has 102 valence electrons. The Balaban J connectivity index is 2.98. The molecule has 0 saturated heterocycles. The Morgan fingerprint density at radius 3 is 2.80 bits per heavy atom. The highest BCUT2D eigenvalue weighted by Crippen LogP contribution is 2.30. The topological polar surface area (TPSA) is 104 Å². The summed E-state index contributed by atoms with van der Waals surface area (Å²) >= 11 is 1.12. The van der Waals surface area contributed by atoms with Gasteiger partial charge in [-0.1, -0.05) is 23.6 Å². The Morgan fingerprint density at radius 2 is 2.25 bits per heavy atom. The maximum absolute atomic E-state index is 10.7. The average Bonchev–Trinajstić information content (AvgIpc) is 2.39. The molecule has 0 unspecified atom stereocenters. The van der Waals surface area contributed by atoms with Crippen LogP contribution in [0.1, 0.15) is 24.5 Å². The number of rotatable bonds is 3. The van der Waals surface area contributed by atoms with Gasteiger partial charge in [-0.15, -0.1) is 0 Å². The van der Waals surface area contributed by atoms with Crippen LogP contribution in [0.25, 0.3) is 0 Å². The highest BCUT2D eigenvalue weighted by atomic mass is 32.2. The summed E-state index contributed by atoms with van der Waals surface area (Å²) in [6.07, 6.45) is 0.397. The molecule has 0 atom stereocenters. The third kappa shape index (κ3) is 4.30. The number of hydrogen-bond donors (Lipinski definition) is 1. The molecule has 1 aromatic carbocycles. The second-order valence-electron chi connectivity index (χ2n) is 3.65. The molecule has 0 aliphatic carbocycles. The van der Waals surface area contributed by atoms with Crippen LogP contribution in [0.3, 0.4) is 0 Å². The molecule has 0 aliphatic heterocycles. The van der Waals surface area contributed by atoms with Crippen molar-refractivity contribution in [3.05, 3.63) is 33.4 Å². The van der Waals surface area contributed by atoms with E-state index in [0.29, 0.717) is 12.2 Å². The van der Waals surface area contributed by atoms with Crippen LogP contribution in [-0.4, -0.2) is 20.9 Å². The van der Waals surface area contributed by atoms with Gasteiger partial charge in [0.15, 0.2) is 5.12 Å². The number of thioether (sulfide) groups is 1. The van der Waals surface area contributed by atoms with Crippen molar-refractivity contribution in [1.82, 2.24) is 0 Å². The molecule has 0 aliphatic rings. The number of aromatic hydroxyl groups is 1. The molecular formula is C13H10N2O4S. The van der Waals surface area contributed by atoms with Crippen LogP contribution in [0.4, 0.5) is 5.69 Å². The van der Waals surface area contributed by atoms with Gasteiger partial charge in [0.05, 0.1) is 22.1 Å². The minimum absolute atomic E-state index is 0.0169. The Hall–Kier alpha value is -2.51. The maximum Gasteiger partial charge on any atom is 0.313 e. The zero-order valence-corrected chi connectivity index (χ0v) is 11.4. The van der Waals surface area contributed by atoms with E-state index in [-0.39, 0.29) is 16.2 Å². The molecular weight excluding hydrogens is 280 g/mol. The molecule has 0 heterocycles. The summed E-state index contributed by atoms with van der Waals surface area (Å²) in [6, 6.07) is 4.05. The summed E-state index contributed by atoms with van der Waals surface area (Å²) in [5.41, 5.74) is -0.466. The molecule has 1 aromatic rings. The monoisotopic (exact) mass is 290 g/mol. The second kappa shape index (κ2) is 7.17. The minimum atomic E-state index is -0.771. The van der Waals surface area contributed by atoms with E-state index in [1.165, 1.54) is 13.0 Å². The van der Waals surface area contributed by atoms with E-state index in [1.54, 1.807) is 6.07 Å². The van der Waals surface area contributed by atoms with Gasteiger partial charge in [-0.3, -0.25) is 14.9 Å². The molecule has 0 aromatic heterocycles. The zero-order chi connectivity index (χ0) is 15.1. The lowest BCUT2D eigenvalue weighted by Gasteiger charge is -1.99. The molecule has 1 rings (SSSR count). The van der Waals surface area contributed by atoms with Crippen molar-refractivity contribution in [2.45, 2.75) is 13.3 Å². The molecule has 0 amide bonds. The highest BCUT2D eigenvalue weighted by molar-refractivity contribution is 8.13. The number of nitro groups is 1. The number of nitrogens with zero attached hydrogens (tertiary/aromatic N) is 2.